The first kappa shape index (κ1) is 21.2. The van der Waals surface area contributed by atoms with E-state index in [9.17, 15) is 9.59 Å². The Bertz CT molecular complexity index is 804. The Labute approximate surface area is 181 Å². The van der Waals surface area contributed by atoms with Crippen LogP contribution >= 0.6 is 0 Å². The molecule has 2 aromatic carbocycles. The Hall–Kier alpha value is -3.04. The monoisotopic (exact) mass is 423 g/mol. The van der Waals surface area contributed by atoms with Gasteiger partial charge >= 0.3 is 7.69 Å². The van der Waals surface area contributed by atoms with Crippen molar-refractivity contribution in [2.75, 3.05) is 52.6 Å². The zero-order valence-electron chi connectivity index (χ0n) is 17.2. The maximum atomic E-state index is 12.5. The fourth-order valence-corrected chi connectivity index (χ4v) is 3.39. The molecule has 2 aromatic rings. The third kappa shape index (κ3) is 5.56. The van der Waals surface area contributed by atoms with Crippen LogP contribution in [0.4, 0.5) is 0 Å². The number of amides is 2. The SMILES string of the molecule is O=C(c1ccc(O[B]Oc2ccc(C(=O)N3CCOCC3)cc2)cc1)N1CCOCC1. The van der Waals surface area contributed by atoms with Gasteiger partial charge in [-0.3, -0.25) is 9.59 Å². The minimum absolute atomic E-state index is 0.0122. The lowest BCUT2D eigenvalue weighted by atomic mass is 10.1. The maximum absolute atomic E-state index is 12.5. The highest BCUT2D eigenvalue weighted by atomic mass is 16.6. The van der Waals surface area contributed by atoms with Crippen molar-refractivity contribution in [2.45, 2.75) is 0 Å². The van der Waals surface area contributed by atoms with Crippen molar-refractivity contribution in [1.29, 1.82) is 0 Å². The van der Waals surface area contributed by atoms with Gasteiger partial charge in [-0.05, 0) is 48.5 Å². The largest absolute Gasteiger partial charge is 0.658 e. The highest BCUT2D eigenvalue weighted by Crippen LogP contribution is 2.17. The molecule has 2 fully saturated rings. The summed E-state index contributed by atoms with van der Waals surface area (Å²) in [6.07, 6.45) is 0. The van der Waals surface area contributed by atoms with Crippen LogP contribution in [-0.4, -0.2) is 81.9 Å². The number of hydrogen-bond acceptors (Lipinski definition) is 6. The van der Waals surface area contributed by atoms with Crippen molar-refractivity contribution in [3.63, 3.8) is 0 Å². The van der Waals surface area contributed by atoms with Crippen LogP contribution in [0.3, 0.4) is 0 Å². The van der Waals surface area contributed by atoms with E-state index in [1.54, 1.807) is 58.3 Å². The minimum Gasteiger partial charge on any atom is -0.526 e. The molecular formula is C22H24BN2O6. The normalized spacial score (nSPS) is 16.5. The number of carbonyl (C=O) groups is 2. The van der Waals surface area contributed by atoms with Gasteiger partial charge in [0.25, 0.3) is 11.8 Å². The molecule has 31 heavy (non-hydrogen) atoms. The highest BCUT2D eigenvalue weighted by Gasteiger charge is 2.19. The molecule has 4 rings (SSSR count). The van der Waals surface area contributed by atoms with Crippen LogP contribution in [0.25, 0.3) is 0 Å². The molecule has 2 heterocycles. The lowest BCUT2D eigenvalue weighted by Gasteiger charge is -2.26. The molecule has 2 saturated heterocycles. The van der Waals surface area contributed by atoms with E-state index < -0.39 is 0 Å². The molecular weight excluding hydrogens is 399 g/mol. The van der Waals surface area contributed by atoms with Gasteiger partial charge in [-0.25, -0.2) is 0 Å². The molecule has 2 aliphatic rings. The van der Waals surface area contributed by atoms with Gasteiger partial charge < -0.3 is 28.6 Å². The number of nitrogens with zero attached hydrogens (tertiary/aromatic N) is 2. The summed E-state index contributed by atoms with van der Waals surface area (Å²) in [6.45, 7) is 4.71. The van der Waals surface area contributed by atoms with Crippen LogP contribution in [-0.2, 0) is 9.47 Å². The van der Waals surface area contributed by atoms with Crippen molar-refractivity contribution >= 4 is 19.5 Å². The van der Waals surface area contributed by atoms with Crippen LogP contribution in [0.5, 0.6) is 11.5 Å². The topological polar surface area (TPSA) is 77.5 Å². The molecule has 0 aromatic heterocycles. The van der Waals surface area contributed by atoms with E-state index in [4.69, 9.17) is 18.8 Å². The Kier molecular flexibility index (Phi) is 7.06. The van der Waals surface area contributed by atoms with Gasteiger partial charge in [0.05, 0.1) is 26.4 Å². The molecule has 0 aliphatic carbocycles. The number of morpholine rings is 2. The molecule has 161 valence electrons. The lowest BCUT2D eigenvalue weighted by Crippen LogP contribution is -2.40. The average Bonchev–Trinajstić information content (AvgIpc) is 2.85. The summed E-state index contributed by atoms with van der Waals surface area (Å²) in [7, 11) is 1.22. The lowest BCUT2D eigenvalue weighted by molar-refractivity contribution is 0.0301. The first-order valence-electron chi connectivity index (χ1n) is 10.3. The van der Waals surface area contributed by atoms with Crippen LogP contribution < -0.4 is 9.31 Å². The zero-order chi connectivity index (χ0) is 21.5. The average molecular weight is 423 g/mol. The fraction of sp³-hybridized carbons (Fsp3) is 0.364. The van der Waals surface area contributed by atoms with Crippen LogP contribution in [0.1, 0.15) is 20.7 Å². The molecule has 8 nitrogen and oxygen atoms in total. The molecule has 2 aliphatic heterocycles. The molecule has 9 heteroatoms. The molecule has 0 N–H and O–H groups in total. The summed E-state index contributed by atoms with van der Waals surface area (Å²) < 4.78 is 21.5. The third-order valence-corrected chi connectivity index (χ3v) is 5.17. The fourth-order valence-electron chi connectivity index (χ4n) is 3.39. The minimum atomic E-state index is -0.0122. The van der Waals surface area contributed by atoms with E-state index in [-0.39, 0.29) is 11.8 Å². The summed E-state index contributed by atoms with van der Waals surface area (Å²) >= 11 is 0. The van der Waals surface area contributed by atoms with Crippen molar-refractivity contribution in [3.8, 4) is 11.5 Å². The molecule has 0 unspecified atom stereocenters. The van der Waals surface area contributed by atoms with Gasteiger partial charge in [0.2, 0.25) is 0 Å². The standard InChI is InChI=1S/C22H24BN2O6/c26-21(24-9-13-28-14-10-24)17-1-5-19(6-2-17)30-23-31-20-7-3-18(4-8-20)22(27)25-11-15-29-16-12-25/h1-8H,9-16H2. The number of carbonyl (C=O) groups excluding carboxylic acids is 2. The summed E-state index contributed by atoms with van der Waals surface area (Å²) in [6, 6.07) is 13.8. The van der Waals surface area contributed by atoms with Crippen LogP contribution in [0.15, 0.2) is 48.5 Å². The molecule has 0 saturated carbocycles. The Morgan fingerprint density at radius 1 is 0.645 bits per heavy atom. The Morgan fingerprint density at radius 2 is 1.00 bits per heavy atom. The molecule has 0 bridgehead atoms. The highest BCUT2D eigenvalue weighted by molar-refractivity contribution is 6.20. The van der Waals surface area contributed by atoms with E-state index in [0.29, 0.717) is 75.2 Å². The summed E-state index contributed by atoms with van der Waals surface area (Å²) in [5.74, 6) is 1.08. The zero-order valence-corrected chi connectivity index (χ0v) is 17.2. The number of ether oxygens (including phenoxy) is 2. The van der Waals surface area contributed by atoms with Gasteiger partial charge in [0.1, 0.15) is 11.5 Å². The predicted octanol–water partition coefficient (Wildman–Crippen LogP) is 1.62. The van der Waals surface area contributed by atoms with E-state index in [1.807, 2.05) is 0 Å². The van der Waals surface area contributed by atoms with E-state index in [1.165, 1.54) is 7.69 Å². The summed E-state index contributed by atoms with van der Waals surface area (Å²) in [4.78, 5) is 28.5. The van der Waals surface area contributed by atoms with Crippen LogP contribution in [0.2, 0.25) is 0 Å². The van der Waals surface area contributed by atoms with Gasteiger partial charge in [0, 0.05) is 37.3 Å². The van der Waals surface area contributed by atoms with Gasteiger partial charge in [-0.1, -0.05) is 0 Å². The molecule has 0 atom stereocenters. The number of hydrogen-bond donors (Lipinski definition) is 0. The Morgan fingerprint density at radius 3 is 1.35 bits per heavy atom. The maximum Gasteiger partial charge on any atom is 0.658 e. The molecule has 0 spiro atoms. The van der Waals surface area contributed by atoms with Gasteiger partial charge in [0.15, 0.2) is 0 Å². The quantitative estimate of drug-likeness (QED) is 0.658. The number of rotatable bonds is 6. The van der Waals surface area contributed by atoms with Gasteiger partial charge in [-0.15, -0.1) is 0 Å². The second kappa shape index (κ2) is 10.3. The van der Waals surface area contributed by atoms with Crippen molar-refractivity contribution in [3.05, 3.63) is 59.7 Å². The first-order valence-corrected chi connectivity index (χ1v) is 10.3. The molecule has 1 radical (unpaired) electrons. The van der Waals surface area contributed by atoms with Gasteiger partial charge in [-0.2, -0.15) is 0 Å². The summed E-state index contributed by atoms with van der Waals surface area (Å²) in [5.41, 5.74) is 1.21. The molecule has 2 amide bonds. The van der Waals surface area contributed by atoms with Crippen molar-refractivity contribution in [1.82, 2.24) is 9.80 Å². The smallest absolute Gasteiger partial charge is 0.526 e. The van der Waals surface area contributed by atoms with E-state index in [0.717, 1.165) is 0 Å². The first-order chi connectivity index (χ1) is 15.2. The van der Waals surface area contributed by atoms with Crippen molar-refractivity contribution in [2.24, 2.45) is 0 Å². The van der Waals surface area contributed by atoms with E-state index >= 15 is 0 Å². The van der Waals surface area contributed by atoms with E-state index in [2.05, 4.69) is 0 Å². The second-order valence-electron chi connectivity index (χ2n) is 7.19. The Balaban J connectivity index is 1.24. The third-order valence-electron chi connectivity index (χ3n) is 5.17. The number of benzene rings is 2. The second-order valence-corrected chi connectivity index (χ2v) is 7.19. The van der Waals surface area contributed by atoms with Crippen molar-refractivity contribution < 1.29 is 28.4 Å². The summed E-state index contributed by atoms with van der Waals surface area (Å²) in [5, 5.41) is 0. The van der Waals surface area contributed by atoms with Crippen LogP contribution in [0, 0.1) is 0 Å². The predicted molar refractivity (Wildman–Crippen MR) is 113 cm³/mol.